The fourth-order valence-corrected chi connectivity index (χ4v) is 4.12. The quantitative estimate of drug-likeness (QED) is 0.580. The van der Waals surface area contributed by atoms with E-state index in [9.17, 15) is 0 Å². The topological polar surface area (TPSA) is 27.1 Å². The maximum atomic E-state index is 6.24. The van der Waals surface area contributed by atoms with Crippen molar-refractivity contribution in [1.29, 1.82) is 0 Å². The Labute approximate surface area is 155 Å². The molecular weight excluding hydrogens is 320 g/mol. The zero-order valence-electron chi connectivity index (χ0n) is 16.4. The van der Waals surface area contributed by atoms with Crippen LogP contribution in [0.4, 0.5) is 0 Å². The predicted octanol–water partition coefficient (Wildman–Crippen LogP) is 5.52. The van der Waals surface area contributed by atoms with E-state index in [-0.39, 0.29) is 11.5 Å². The third-order valence-electron chi connectivity index (χ3n) is 5.74. The molecule has 134 valence electrons. The van der Waals surface area contributed by atoms with Crippen molar-refractivity contribution >= 4 is 0 Å². The molecule has 0 saturated carbocycles. The molecule has 1 aliphatic rings. The molecule has 2 bridgehead atoms. The Morgan fingerprint density at radius 3 is 2.38 bits per heavy atom. The molecule has 1 aliphatic heterocycles. The summed E-state index contributed by atoms with van der Waals surface area (Å²) in [6.07, 6.45) is 2.06. The van der Waals surface area contributed by atoms with Crippen LogP contribution in [-0.2, 0) is 5.41 Å². The van der Waals surface area contributed by atoms with Crippen LogP contribution in [0.25, 0.3) is 17.1 Å². The molecule has 3 heteroatoms. The minimum atomic E-state index is -0.107. The average Bonchev–Trinajstić information content (AvgIpc) is 2.97. The van der Waals surface area contributed by atoms with E-state index in [1.807, 2.05) is 6.20 Å². The summed E-state index contributed by atoms with van der Waals surface area (Å²) >= 11 is 0. The van der Waals surface area contributed by atoms with E-state index in [4.69, 9.17) is 9.72 Å². The molecule has 0 spiro atoms. The highest BCUT2D eigenvalue weighted by Gasteiger charge is 2.35. The lowest BCUT2D eigenvalue weighted by Gasteiger charge is -2.34. The zero-order valence-corrected chi connectivity index (χ0v) is 16.4. The molecule has 2 aromatic carbocycles. The number of aromatic nitrogens is 2. The van der Waals surface area contributed by atoms with Gasteiger partial charge in [-0.2, -0.15) is 4.98 Å². The van der Waals surface area contributed by atoms with Gasteiger partial charge in [-0.1, -0.05) is 55.8 Å². The highest BCUT2D eigenvalue weighted by Crippen LogP contribution is 2.41. The molecule has 26 heavy (non-hydrogen) atoms. The second kappa shape index (κ2) is 5.73. The molecular formula is C23H26N2O. The van der Waals surface area contributed by atoms with Gasteiger partial charge in [0, 0.05) is 11.0 Å². The molecule has 0 radical (unpaired) electrons. The van der Waals surface area contributed by atoms with Crippen molar-refractivity contribution in [2.24, 2.45) is 0 Å². The van der Waals surface area contributed by atoms with Crippen molar-refractivity contribution in [3.8, 4) is 23.0 Å². The van der Waals surface area contributed by atoms with Crippen molar-refractivity contribution < 1.29 is 4.74 Å². The van der Waals surface area contributed by atoms with Crippen LogP contribution in [0.5, 0.6) is 5.88 Å². The summed E-state index contributed by atoms with van der Waals surface area (Å²) in [5.41, 5.74) is 7.31. The highest BCUT2D eigenvalue weighted by molar-refractivity contribution is 5.68. The Kier molecular flexibility index (Phi) is 3.72. The van der Waals surface area contributed by atoms with Gasteiger partial charge in [0.1, 0.15) is 11.9 Å². The first-order valence-corrected chi connectivity index (χ1v) is 9.23. The van der Waals surface area contributed by atoms with Crippen LogP contribution < -0.4 is 4.74 Å². The van der Waals surface area contributed by atoms with Crippen molar-refractivity contribution in [3.63, 3.8) is 0 Å². The molecule has 4 rings (SSSR count). The number of nitrogens with zero attached hydrogens (tertiary/aromatic N) is 2. The van der Waals surface area contributed by atoms with Crippen molar-refractivity contribution in [2.75, 3.05) is 0 Å². The van der Waals surface area contributed by atoms with Crippen LogP contribution in [0.2, 0.25) is 0 Å². The molecule has 0 N–H and O–H groups in total. The number of fused-ring (bicyclic) bond motifs is 4. The van der Waals surface area contributed by atoms with Crippen molar-refractivity contribution in [1.82, 2.24) is 9.55 Å². The lowest BCUT2D eigenvalue weighted by molar-refractivity contribution is 0.136. The Morgan fingerprint density at radius 1 is 1.04 bits per heavy atom. The smallest absolute Gasteiger partial charge is 0.232 e. The van der Waals surface area contributed by atoms with Gasteiger partial charge in [-0.15, -0.1) is 0 Å². The van der Waals surface area contributed by atoms with E-state index >= 15 is 0 Å². The second-order valence-electron chi connectivity index (χ2n) is 8.05. The minimum Gasteiger partial charge on any atom is -0.473 e. The van der Waals surface area contributed by atoms with Gasteiger partial charge < -0.3 is 4.74 Å². The molecule has 0 unspecified atom stereocenters. The van der Waals surface area contributed by atoms with Crippen LogP contribution in [-0.4, -0.2) is 15.7 Å². The second-order valence-corrected chi connectivity index (χ2v) is 8.05. The lowest BCUT2D eigenvalue weighted by Crippen LogP contribution is -2.37. The van der Waals surface area contributed by atoms with Gasteiger partial charge in [-0.25, -0.2) is 0 Å². The summed E-state index contributed by atoms with van der Waals surface area (Å²) in [5, 5.41) is 0. The van der Waals surface area contributed by atoms with Gasteiger partial charge in [0.25, 0.3) is 0 Å². The van der Waals surface area contributed by atoms with Gasteiger partial charge in [-0.3, -0.25) is 4.57 Å². The SMILES string of the molecule is Cc1cc(C)c(-n2cc3nc2-c2ccccc2C(C)(C)[C@H](C)O3)c(C)c1. The molecule has 2 heterocycles. The largest absolute Gasteiger partial charge is 0.473 e. The maximum Gasteiger partial charge on any atom is 0.232 e. The minimum absolute atomic E-state index is 0.0281. The Balaban J connectivity index is 2.04. The van der Waals surface area contributed by atoms with Crippen LogP contribution in [0.3, 0.4) is 0 Å². The van der Waals surface area contributed by atoms with E-state index in [0.29, 0.717) is 5.88 Å². The summed E-state index contributed by atoms with van der Waals surface area (Å²) in [6, 6.07) is 13.0. The Bertz CT molecular complexity index is 974. The third kappa shape index (κ3) is 2.45. The van der Waals surface area contributed by atoms with Crippen molar-refractivity contribution in [3.05, 3.63) is 64.8 Å². The number of rotatable bonds is 1. The van der Waals surface area contributed by atoms with Crippen LogP contribution in [0.1, 0.15) is 43.0 Å². The fourth-order valence-electron chi connectivity index (χ4n) is 4.12. The van der Waals surface area contributed by atoms with Crippen LogP contribution >= 0.6 is 0 Å². The number of ether oxygens (including phenoxy) is 1. The average molecular weight is 346 g/mol. The molecule has 0 saturated heterocycles. The van der Waals surface area contributed by atoms with Gasteiger partial charge in [0.15, 0.2) is 0 Å². The normalized spacial score (nSPS) is 17.8. The molecule has 1 atom stereocenters. The van der Waals surface area contributed by atoms with Gasteiger partial charge in [0.2, 0.25) is 5.88 Å². The molecule has 0 fully saturated rings. The fraction of sp³-hybridized carbons (Fsp3) is 0.348. The number of hydrogen-bond donors (Lipinski definition) is 0. The molecule has 3 nitrogen and oxygen atoms in total. The molecule has 1 aromatic heterocycles. The number of hydrogen-bond acceptors (Lipinski definition) is 2. The number of aryl methyl sites for hydroxylation is 3. The van der Waals surface area contributed by atoms with Gasteiger partial charge in [0.05, 0.1) is 11.9 Å². The van der Waals surface area contributed by atoms with Gasteiger partial charge >= 0.3 is 0 Å². The third-order valence-corrected chi connectivity index (χ3v) is 5.74. The van der Waals surface area contributed by atoms with E-state index in [1.165, 1.54) is 33.5 Å². The number of benzene rings is 2. The first-order valence-electron chi connectivity index (χ1n) is 9.23. The molecule has 0 aliphatic carbocycles. The van der Waals surface area contributed by atoms with E-state index in [1.54, 1.807) is 0 Å². The van der Waals surface area contributed by atoms with Crippen LogP contribution in [0, 0.1) is 20.8 Å². The summed E-state index contributed by atoms with van der Waals surface area (Å²) in [7, 11) is 0. The lowest BCUT2D eigenvalue weighted by atomic mass is 9.77. The first kappa shape index (κ1) is 16.9. The van der Waals surface area contributed by atoms with Crippen LogP contribution in [0.15, 0.2) is 42.6 Å². The number of imidazole rings is 1. The summed E-state index contributed by atoms with van der Waals surface area (Å²) < 4.78 is 8.44. The molecule has 3 aromatic rings. The van der Waals surface area contributed by atoms with Crippen molar-refractivity contribution in [2.45, 2.75) is 53.1 Å². The monoisotopic (exact) mass is 346 g/mol. The van der Waals surface area contributed by atoms with Gasteiger partial charge in [-0.05, 0) is 44.4 Å². The summed E-state index contributed by atoms with van der Waals surface area (Å²) in [5.74, 6) is 1.64. The van der Waals surface area contributed by atoms with E-state index in [0.717, 1.165) is 5.82 Å². The zero-order chi connectivity index (χ0) is 18.6. The highest BCUT2D eigenvalue weighted by atomic mass is 16.5. The first-order chi connectivity index (χ1) is 12.3. The predicted molar refractivity (Wildman–Crippen MR) is 106 cm³/mol. The maximum absolute atomic E-state index is 6.24. The Hall–Kier alpha value is -2.55. The van der Waals surface area contributed by atoms with E-state index in [2.05, 4.69) is 82.5 Å². The summed E-state index contributed by atoms with van der Waals surface area (Å²) in [4.78, 5) is 4.85. The Morgan fingerprint density at radius 2 is 1.69 bits per heavy atom. The molecule has 0 amide bonds. The summed E-state index contributed by atoms with van der Waals surface area (Å²) in [6.45, 7) is 13.1. The standard InChI is InChI=1S/C23H26N2O/c1-14-11-15(2)21(16(3)12-14)25-13-20-24-22(25)18-9-7-8-10-19(18)23(5,6)17(4)26-20/h7-13,17H,1-6H3/t17-/m0/s1. The van der Waals surface area contributed by atoms with E-state index < -0.39 is 0 Å².